The van der Waals surface area contributed by atoms with Gasteiger partial charge in [-0.25, -0.2) is 9.97 Å². The molecule has 0 unspecified atom stereocenters. The van der Waals surface area contributed by atoms with E-state index in [9.17, 15) is 4.79 Å². The molecule has 2 aromatic rings. The van der Waals surface area contributed by atoms with E-state index < -0.39 is 0 Å². The molecule has 0 fully saturated rings. The van der Waals surface area contributed by atoms with Crippen LogP contribution < -0.4 is 0 Å². The normalized spacial score (nSPS) is 10.2. The average molecular weight is 287 g/mol. The Kier molecular flexibility index (Phi) is 5.55. The lowest BCUT2D eigenvalue weighted by molar-refractivity contribution is -0.128. The number of amides is 1. The highest BCUT2D eigenvalue weighted by molar-refractivity contribution is 7.99. The molecular weight excluding hydrogens is 270 g/mol. The van der Waals surface area contributed by atoms with Crippen molar-refractivity contribution in [3.05, 3.63) is 54.4 Å². The van der Waals surface area contributed by atoms with Crippen LogP contribution in [0.1, 0.15) is 12.5 Å². The summed E-state index contributed by atoms with van der Waals surface area (Å²) in [7, 11) is 0. The Balaban J connectivity index is 1.89. The van der Waals surface area contributed by atoms with Gasteiger partial charge in [-0.05, 0) is 18.6 Å². The first kappa shape index (κ1) is 14.5. The molecule has 5 heteroatoms. The average Bonchev–Trinajstić information content (AvgIpc) is 2.52. The van der Waals surface area contributed by atoms with Gasteiger partial charge < -0.3 is 4.90 Å². The predicted octanol–water partition coefficient (Wildman–Crippen LogP) is 2.62. The highest BCUT2D eigenvalue weighted by Crippen LogP contribution is 2.13. The van der Waals surface area contributed by atoms with E-state index in [0.29, 0.717) is 24.0 Å². The molecule has 104 valence electrons. The van der Waals surface area contributed by atoms with E-state index >= 15 is 0 Å². The Morgan fingerprint density at radius 2 is 1.85 bits per heavy atom. The van der Waals surface area contributed by atoms with Gasteiger partial charge in [0, 0.05) is 25.5 Å². The molecule has 0 spiro atoms. The highest BCUT2D eigenvalue weighted by atomic mass is 32.2. The van der Waals surface area contributed by atoms with Gasteiger partial charge in [-0.1, -0.05) is 42.1 Å². The third-order valence-electron chi connectivity index (χ3n) is 2.82. The standard InChI is InChI=1S/C15H17N3OS/c1-2-18(11-13-7-4-3-5-8-13)14(19)12-20-15-16-9-6-10-17-15/h3-10H,2,11-12H2,1H3. The molecule has 0 N–H and O–H groups in total. The smallest absolute Gasteiger partial charge is 0.233 e. The van der Waals surface area contributed by atoms with E-state index in [0.717, 1.165) is 5.56 Å². The first-order chi connectivity index (χ1) is 9.79. The number of nitrogens with zero attached hydrogens (tertiary/aromatic N) is 3. The van der Waals surface area contributed by atoms with Crippen molar-refractivity contribution in [2.24, 2.45) is 0 Å². The fourth-order valence-corrected chi connectivity index (χ4v) is 2.46. The predicted molar refractivity (Wildman–Crippen MR) is 80.3 cm³/mol. The Morgan fingerprint density at radius 1 is 1.15 bits per heavy atom. The summed E-state index contributed by atoms with van der Waals surface area (Å²) >= 11 is 1.37. The van der Waals surface area contributed by atoms with Crippen molar-refractivity contribution in [2.75, 3.05) is 12.3 Å². The van der Waals surface area contributed by atoms with Crippen LogP contribution in [0.2, 0.25) is 0 Å². The number of aromatic nitrogens is 2. The van der Waals surface area contributed by atoms with Crippen molar-refractivity contribution < 1.29 is 4.79 Å². The zero-order valence-corrected chi connectivity index (χ0v) is 12.2. The Bertz CT molecular complexity index is 533. The van der Waals surface area contributed by atoms with Crippen LogP contribution in [0.25, 0.3) is 0 Å². The van der Waals surface area contributed by atoms with Gasteiger partial charge in [-0.2, -0.15) is 0 Å². The fraction of sp³-hybridized carbons (Fsp3) is 0.267. The Labute approximate surface area is 123 Å². The van der Waals surface area contributed by atoms with Gasteiger partial charge in [0.1, 0.15) is 0 Å². The largest absolute Gasteiger partial charge is 0.338 e. The molecule has 0 aliphatic heterocycles. The molecule has 20 heavy (non-hydrogen) atoms. The van der Waals surface area contributed by atoms with Crippen LogP contribution in [0.5, 0.6) is 0 Å². The van der Waals surface area contributed by atoms with Crippen LogP contribution in [0.4, 0.5) is 0 Å². The SMILES string of the molecule is CCN(Cc1ccccc1)C(=O)CSc1ncccn1. The summed E-state index contributed by atoms with van der Waals surface area (Å²) in [4.78, 5) is 22.2. The number of hydrogen-bond donors (Lipinski definition) is 0. The third kappa shape index (κ3) is 4.35. The fourth-order valence-electron chi connectivity index (χ4n) is 1.76. The maximum atomic E-state index is 12.2. The van der Waals surface area contributed by atoms with Gasteiger partial charge in [-0.15, -0.1) is 0 Å². The van der Waals surface area contributed by atoms with Gasteiger partial charge in [0.2, 0.25) is 5.91 Å². The Morgan fingerprint density at radius 3 is 2.50 bits per heavy atom. The summed E-state index contributed by atoms with van der Waals surface area (Å²) in [5.41, 5.74) is 1.14. The van der Waals surface area contributed by atoms with Crippen molar-refractivity contribution in [3.63, 3.8) is 0 Å². The summed E-state index contributed by atoms with van der Waals surface area (Å²) in [5.74, 6) is 0.471. The second-order valence-electron chi connectivity index (χ2n) is 4.21. The minimum absolute atomic E-state index is 0.105. The first-order valence-electron chi connectivity index (χ1n) is 6.51. The van der Waals surface area contributed by atoms with Crippen LogP contribution >= 0.6 is 11.8 Å². The maximum Gasteiger partial charge on any atom is 0.233 e. The van der Waals surface area contributed by atoms with E-state index in [4.69, 9.17) is 0 Å². The lowest BCUT2D eigenvalue weighted by Gasteiger charge is -2.20. The van der Waals surface area contributed by atoms with Crippen LogP contribution in [0.3, 0.4) is 0 Å². The van der Waals surface area contributed by atoms with Crippen LogP contribution in [-0.4, -0.2) is 33.1 Å². The molecule has 1 aromatic carbocycles. The van der Waals surface area contributed by atoms with Gasteiger partial charge in [-0.3, -0.25) is 4.79 Å². The van der Waals surface area contributed by atoms with Crippen molar-refractivity contribution in [2.45, 2.75) is 18.6 Å². The molecule has 1 heterocycles. The monoisotopic (exact) mass is 287 g/mol. The minimum Gasteiger partial charge on any atom is -0.338 e. The van der Waals surface area contributed by atoms with Crippen molar-refractivity contribution in [1.82, 2.24) is 14.9 Å². The Hall–Kier alpha value is -1.88. The number of benzene rings is 1. The highest BCUT2D eigenvalue weighted by Gasteiger charge is 2.13. The molecular formula is C15H17N3OS. The number of carbonyl (C=O) groups is 1. The van der Waals surface area contributed by atoms with Crippen molar-refractivity contribution in [3.8, 4) is 0 Å². The number of hydrogen-bond acceptors (Lipinski definition) is 4. The van der Waals surface area contributed by atoms with Gasteiger partial charge in [0.15, 0.2) is 5.16 Å². The zero-order chi connectivity index (χ0) is 14.2. The third-order valence-corrected chi connectivity index (χ3v) is 3.68. The van der Waals surface area contributed by atoms with E-state index in [-0.39, 0.29) is 5.91 Å². The number of thioether (sulfide) groups is 1. The number of rotatable bonds is 6. The van der Waals surface area contributed by atoms with E-state index in [2.05, 4.69) is 9.97 Å². The van der Waals surface area contributed by atoms with E-state index in [1.54, 1.807) is 18.5 Å². The topological polar surface area (TPSA) is 46.1 Å². The van der Waals surface area contributed by atoms with Crippen molar-refractivity contribution in [1.29, 1.82) is 0 Å². The van der Waals surface area contributed by atoms with Gasteiger partial charge in [0.05, 0.1) is 5.75 Å². The summed E-state index contributed by atoms with van der Waals surface area (Å²) in [6.45, 7) is 3.33. The van der Waals surface area contributed by atoms with Crippen molar-refractivity contribution >= 4 is 17.7 Å². The van der Waals surface area contributed by atoms with Crippen LogP contribution in [-0.2, 0) is 11.3 Å². The lowest BCUT2D eigenvalue weighted by atomic mass is 10.2. The maximum absolute atomic E-state index is 12.2. The summed E-state index contributed by atoms with van der Waals surface area (Å²) < 4.78 is 0. The summed E-state index contributed by atoms with van der Waals surface area (Å²) in [5, 5.41) is 0.636. The summed E-state index contributed by atoms with van der Waals surface area (Å²) in [6, 6.07) is 11.8. The molecule has 0 radical (unpaired) electrons. The molecule has 0 saturated carbocycles. The summed E-state index contributed by atoms with van der Waals surface area (Å²) in [6.07, 6.45) is 3.36. The lowest BCUT2D eigenvalue weighted by Crippen LogP contribution is -2.31. The molecule has 0 aliphatic rings. The van der Waals surface area contributed by atoms with E-state index in [1.165, 1.54) is 11.8 Å². The van der Waals surface area contributed by atoms with Crippen LogP contribution in [0, 0.1) is 0 Å². The molecule has 0 bridgehead atoms. The molecule has 4 nitrogen and oxygen atoms in total. The molecule has 1 aromatic heterocycles. The minimum atomic E-state index is 0.105. The van der Waals surface area contributed by atoms with E-state index in [1.807, 2.05) is 42.2 Å². The number of carbonyl (C=O) groups excluding carboxylic acids is 1. The van der Waals surface area contributed by atoms with Crippen LogP contribution in [0.15, 0.2) is 53.9 Å². The molecule has 1 amide bonds. The second kappa shape index (κ2) is 7.65. The molecule has 0 aliphatic carbocycles. The molecule has 0 saturated heterocycles. The van der Waals surface area contributed by atoms with Gasteiger partial charge >= 0.3 is 0 Å². The van der Waals surface area contributed by atoms with Gasteiger partial charge in [0.25, 0.3) is 0 Å². The quantitative estimate of drug-likeness (QED) is 0.605. The molecule has 0 atom stereocenters. The first-order valence-corrected chi connectivity index (χ1v) is 7.49. The zero-order valence-electron chi connectivity index (χ0n) is 11.4. The second-order valence-corrected chi connectivity index (χ2v) is 5.16. The molecule has 2 rings (SSSR count).